The largest absolute Gasteiger partial charge is 0.380 e. The fourth-order valence-electron chi connectivity index (χ4n) is 1.81. The van der Waals surface area contributed by atoms with Crippen molar-refractivity contribution in [2.24, 2.45) is 0 Å². The van der Waals surface area contributed by atoms with Crippen molar-refractivity contribution in [3.63, 3.8) is 0 Å². The Hall–Kier alpha value is -2.06. The van der Waals surface area contributed by atoms with Gasteiger partial charge in [0.2, 0.25) is 0 Å². The molecule has 0 saturated carbocycles. The summed E-state index contributed by atoms with van der Waals surface area (Å²) < 4.78 is 7.11. The Balaban J connectivity index is 2.30. The third-order valence-corrected chi connectivity index (χ3v) is 2.75. The highest BCUT2D eigenvalue weighted by atomic mass is 16.5. The van der Waals surface area contributed by atoms with E-state index in [4.69, 9.17) is 4.74 Å². The molecule has 94 valence electrons. The molecule has 0 fully saturated rings. The van der Waals surface area contributed by atoms with E-state index in [0.717, 1.165) is 5.65 Å². The number of nitrogens with zero attached hydrogens (tertiary/aromatic N) is 4. The lowest BCUT2D eigenvalue weighted by molar-refractivity contribution is 0.154. The maximum atomic E-state index is 9.26. The number of imidazole rings is 1. The molecule has 0 saturated heterocycles. The normalized spacial score (nSPS) is 10.5. The number of hydrogen-bond donors (Lipinski definition) is 0. The molecule has 0 aliphatic carbocycles. The van der Waals surface area contributed by atoms with E-state index in [1.165, 1.54) is 0 Å². The molecule has 0 N–H and O–H groups in total. The Morgan fingerprint density at radius 1 is 1.50 bits per heavy atom. The molecule has 2 aromatic heterocycles. The molecule has 2 heterocycles. The fraction of sp³-hybridized carbons (Fsp3) is 0.385. The number of ether oxygens (including phenoxy) is 1. The summed E-state index contributed by atoms with van der Waals surface area (Å²) in [6.45, 7) is 4.01. The highest BCUT2D eigenvalue weighted by Gasteiger charge is 2.14. The third kappa shape index (κ3) is 2.29. The quantitative estimate of drug-likeness (QED) is 0.751. The van der Waals surface area contributed by atoms with Crippen LogP contribution in [0.15, 0.2) is 24.4 Å². The van der Waals surface area contributed by atoms with E-state index in [1.807, 2.05) is 43.3 Å². The van der Waals surface area contributed by atoms with Gasteiger partial charge in [-0.05, 0) is 19.1 Å². The molecule has 2 aromatic rings. The zero-order chi connectivity index (χ0) is 13.0. The molecular weight excluding hydrogens is 228 g/mol. The van der Waals surface area contributed by atoms with Gasteiger partial charge in [-0.1, -0.05) is 6.07 Å². The first-order chi connectivity index (χ1) is 8.77. The van der Waals surface area contributed by atoms with E-state index in [1.54, 1.807) is 4.40 Å². The van der Waals surface area contributed by atoms with Crippen LogP contribution in [0.1, 0.15) is 12.6 Å². The minimum absolute atomic E-state index is 0.560. The molecule has 0 unspecified atom stereocenters. The van der Waals surface area contributed by atoms with Crippen LogP contribution < -0.4 is 4.90 Å². The average molecular weight is 244 g/mol. The van der Waals surface area contributed by atoms with Crippen molar-refractivity contribution >= 4 is 11.5 Å². The van der Waals surface area contributed by atoms with Crippen LogP contribution in [0.4, 0.5) is 5.82 Å². The van der Waals surface area contributed by atoms with Gasteiger partial charge in [-0.25, -0.2) is 4.98 Å². The number of rotatable bonds is 5. The Labute approximate surface area is 106 Å². The van der Waals surface area contributed by atoms with Crippen LogP contribution in [-0.4, -0.2) is 36.2 Å². The van der Waals surface area contributed by atoms with E-state index < -0.39 is 0 Å². The summed E-state index contributed by atoms with van der Waals surface area (Å²) in [7, 11) is 1.92. The first kappa shape index (κ1) is 12.4. The van der Waals surface area contributed by atoms with Crippen LogP contribution in [0, 0.1) is 11.3 Å². The molecule has 5 heteroatoms. The van der Waals surface area contributed by atoms with E-state index in [0.29, 0.717) is 31.3 Å². The van der Waals surface area contributed by atoms with Gasteiger partial charge in [0.05, 0.1) is 6.61 Å². The number of hydrogen-bond acceptors (Lipinski definition) is 4. The van der Waals surface area contributed by atoms with Crippen molar-refractivity contribution < 1.29 is 4.74 Å². The standard InChI is InChI=1S/C13H16N4O/c1-3-18-9-8-16(2)13-11(10-14)17-7-5-4-6-12(17)15-13/h4-7H,3,8-9H2,1-2H3. The number of likely N-dealkylation sites (N-methyl/N-ethyl adjacent to an activating group) is 1. The fourth-order valence-corrected chi connectivity index (χ4v) is 1.81. The molecule has 0 atom stereocenters. The van der Waals surface area contributed by atoms with Crippen molar-refractivity contribution in [1.82, 2.24) is 9.38 Å². The zero-order valence-corrected chi connectivity index (χ0v) is 10.6. The Kier molecular flexibility index (Phi) is 3.80. The predicted molar refractivity (Wildman–Crippen MR) is 69.7 cm³/mol. The molecule has 0 aromatic carbocycles. The Morgan fingerprint density at radius 2 is 2.33 bits per heavy atom. The van der Waals surface area contributed by atoms with Crippen LogP contribution in [0.3, 0.4) is 0 Å². The van der Waals surface area contributed by atoms with Crippen LogP contribution >= 0.6 is 0 Å². The van der Waals surface area contributed by atoms with E-state index in [-0.39, 0.29) is 0 Å². The first-order valence-electron chi connectivity index (χ1n) is 5.94. The molecule has 0 aliphatic rings. The van der Waals surface area contributed by atoms with E-state index in [9.17, 15) is 5.26 Å². The smallest absolute Gasteiger partial charge is 0.169 e. The molecule has 0 radical (unpaired) electrons. The van der Waals surface area contributed by atoms with E-state index >= 15 is 0 Å². The van der Waals surface area contributed by atoms with Crippen molar-refractivity contribution in [3.05, 3.63) is 30.1 Å². The molecule has 18 heavy (non-hydrogen) atoms. The van der Waals surface area contributed by atoms with Gasteiger partial charge in [-0.3, -0.25) is 4.40 Å². The number of anilines is 1. The van der Waals surface area contributed by atoms with Gasteiger partial charge in [0.15, 0.2) is 11.5 Å². The van der Waals surface area contributed by atoms with Gasteiger partial charge in [0.25, 0.3) is 0 Å². The second-order valence-corrected chi connectivity index (χ2v) is 3.94. The Morgan fingerprint density at radius 3 is 3.06 bits per heavy atom. The lowest BCUT2D eigenvalue weighted by Gasteiger charge is -2.16. The lowest BCUT2D eigenvalue weighted by atomic mass is 10.4. The Bertz CT molecular complexity index is 570. The molecule has 0 spiro atoms. The number of aromatic nitrogens is 2. The summed E-state index contributed by atoms with van der Waals surface area (Å²) in [6.07, 6.45) is 1.85. The van der Waals surface area contributed by atoms with Gasteiger partial charge in [0, 0.05) is 26.4 Å². The summed E-state index contributed by atoms with van der Waals surface area (Å²) in [4.78, 5) is 6.42. The van der Waals surface area contributed by atoms with Crippen LogP contribution in [-0.2, 0) is 4.74 Å². The van der Waals surface area contributed by atoms with Gasteiger partial charge in [-0.15, -0.1) is 0 Å². The van der Waals surface area contributed by atoms with Gasteiger partial charge >= 0.3 is 0 Å². The summed E-state index contributed by atoms with van der Waals surface area (Å²) >= 11 is 0. The van der Waals surface area contributed by atoms with Crippen LogP contribution in [0.5, 0.6) is 0 Å². The maximum Gasteiger partial charge on any atom is 0.169 e. The topological polar surface area (TPSA) is 53.6 Å². The minimum atomic E-state index is 0.560. The van der Waals surface area contributed by atoms with Crippen molar-refractivity contribution in [2.45, 2.75) is 6.92 Å². The number of pyridine rings is 1. The highest BCUT2D eigenvalue weighted by molar-refractivity contribution is 5.59. The van der Waals surface area contributed by atoms with Crippen LogP contribution in [0.25, 0.3) is 5.65 Å². The summed E-state index contributed by atoms with van der Waals surface area (Å²) in [5.74, 6) is 0.698. The summed E-state index contributed by atoms with van der Waals surface area (Å²) in [6, 6.07) is 7.90. The third-order valence-electron chi connectivity index (χ3n) is 2.75. The second kappa shape index (κ2) is 5.52. The van der Waals surface area contributed by atoms with Crippen LogP contribution in [0.2, 0.25) is 0 Å². The lowest BCUT2D eigenvalue weighted by Crippen LogP contribution is -2.23. The highest BCUT2D eigenvalue weighted by Crippen LogP contribution is 2.19. The zero-order valence-electron chi connectivity index (χ0n) is 10.6. The van der Waals surface area contributed by atoms with Gasteiger partial charge in [-0.2, -0.15) is 5.26 Å². The molecule has 0 bridgehead atoms. The maximum absolute atomic E-state index is 9.26. The SMILES string of the molecule is CCOCCN(C)c1nc2ccccn2c1C#N. The van der Waals surface area contributed by atoms with Gasteiger partial charge < -0.3 is 9.64 Å². The monoisotopic (exact) mass is 244 g/mol. The summed E-state index contributed by atoms with van der Waals surface area (Å²) in [5.41, 5.74) is 1.34. The number of fused-ring (bicyclic) bond motifs is 1. The second-order valence-electron chi connectivity index (χ2n) is 3.94. The molecular formula is C13H16N4O. The molecule has 5 nitrogen and oxygen atoms in total. The minimum Gasteiger partial charge on any atom is -0.380 e. The molecule has 2 rings (SSSR count). The van der Waals surface area contributed by atoms with Crippen molar-refractivity contribution in [3.8, 4) is 6.07 Å². The molecule has 0 amide bonds. The number of nitriles is 1. The summed E-state index contributed by atoms with van der Waals surface area (Å²) in [5, 5.41) is 9.26. The molecule has 0 aliphatic heterocycles. The van der Waals surface area contributed by atoms with Gasteiger partial charge in [0.1, 0.15) is 11.7 Å². The first-order valence-corrected chi connectivity index (χ1v) is 5.94. The van der Waals surface area contributed by atoms with Crippen molar-refractivity contribution in [2.75, 3.05) is 31.7 Å². The van der Waals surface area contributed by atoms with E-state index in [2.05, 4.69) is 11.1 Å². The van der Waals surface area contributed by atoms with Crippen molar-refractivity contribution in [1.29, 1.82) is 5.26 Å². The predicted octanol–water partition coefficient (Wildman–Crippen LogP) is 1.68. The average Bonchev–Trinajstić information content (AvgIpc) is 2.77.